The fourth-order valence-corrected chi connectivity index (χ4v) is 3.28. The molecule has 0 bridgehead atoms. The predicted octanol–water partition coefficient (Wildman–Crippen LogP) is 3.10. The zero-order valence-electron chi connectivity index (χ0n) is 10.8. The van der Waals surface area contributed by atoms with E-state index in [2.05, 4.69) is 21.5 Å². The van der Waals surface area contributed by atoms with Gasteiger partial charge in [-0.05, 0) is 35.6 Å². The standard InChI is InChI=1S/C14H16N2O2S/c1-2-11-3-4-12(18-11)14(15-17)16-7-5-13-10(9-16)6-8-19-13/h3-4,6,8,17H,2,5,7,9H2,1H3. The maximum Gasteiger partial charge on any atom is 0.211 e. The van der Waals surface area contributed by atoms with Crippen LogP contribution in [0.25, 0.3) is 0 Å². The number of thiophene rings is 1. The zero-order chi connectivity index (χ0) is 13.2. The Labute approximate surface area is 116 Å². The molecule has 2 aromatic heterocycles. The molecule has 1 N–H and O–H groups in total. The van der Waals surface area contributed by atoms with E-state index in [0.717, 1.165) is 31.7 Å². The molecule has 5 heteroatoms. The highest BCUT2D eigenvalue weighted by Crippen LogP contribution is 2.25. The highest BCUT2D eigenvalue weighted by molar-refractivity contribution is 7.10. The van der Waals surface area contributed by atoms with Gasteiger partial charge < -0.3 is 14.5 Å². The van der Waals surface area contributed by atoms with Crippen molar-refractivity contribution in [2.75, 3.05) is 6.54 Å². The number of rotatable bonds is 2. The first kappa shape index (κ1) is 12.3. The zero-order valence-corrected chi connectivity index (χ0v) is 11.6. The molecule has 19 heavy (non-hydrogen) atoms. The van der Waals surface area contributed by atoms with Crippen molar-refractivity contribution < 1.29 is 9.62 Å². The first-order chi connectivity index (χ1) is 9.31. The predicted molar refractivity (Wildman–Crippen MR) is 74.8 cm³/mol. The molecule has 0 fully saturated rings. The lowest BCUT2D eigenvalue weighted by molar-refractivity contribution is 0.292. The molecule has 100 valence electrons. The van der Waals surface area contributed by atoms with E-state index < -0.39 is 0 Å². The van der Waals surface area contributed by atoms with Gasteiger partial charge in [0, 0.05) is 24.4 Å². The number of amidine groups is 1. The summed E-state index contributed by atoms with van der Waals surface area (Å²) in [4.78, 5) is 3.50. The molecule has 0 saturated carbocycles. The van der Waals surface area contributed by atoms with Gasteiger partial charge in [-0.1, -0.05) is 12.1 Å². The van der Waals surface area contributed by atoms with Crippen LogP contribution in [-0.2, 0) is 19.4 Å². The number of hydrogen-bond acceptors (Lipinski definition) is 4. The molecular formula is C14H16N2O2S. The van der Waals surface area contributed by atoms with Crippen LogP contribution < -0.4 is 0 Å². The van der Waals surface area contributed by atoms with E-state index in [-0.39, 0.29) is 0 Å². The molecule has 0 amide bonds. The summed E-state index contributed by atoms with van der Waals surface area (Å²) in [6.45, 7) is 3.67. The van der Waals surface area contributed by atoms with Crippen molar-refractivity contribution in [2.24, 2.45) is 5.16 Å². The molecule has 3 heterocycles. The van der Waals surface area contributed by atoms with Gasteiger partial charge in [0.05, 0.1) is 0 Å². The van der Waals surface area contributed by atoms with E-state index in [9.17, 15) is 5.21 Å². The van der Waals surface area contributed by atoms with Crippen LogP contribution in [0, 0.1) is 0 Å². The normalized spacial score (nSPS) is 15.6. The third-order valence-electron chi connectivity index (χ3n) is 3.43. The minimum absolute atomic E-state index is 0.525. The van der Waals surface area contributed by atoms with Crippen molar-refractivity contribution in [3.05, 3.63) is 45.5 Å². The minimum atomic E-state index is 0.525. The molecule has 0 atom stereocenters. The molecule has 2 aromatic rings. The van der Waals surface area contributed by atoms with Gasteiger partial charge in [-0.25, -0.2) is 0 Å². The Balaban J connectivity index is 1.84. The Kier molecular flexibility index (Phi) is 3.29. The first-order valence-electron chi connectivity index (χ1n) is 6.43. The van der Waals surface area contributed by atoms with Crippen molar-refractivity contribution in [2.45, 2.75) is 26.3 Å². The lowest BCUT2D eigenvalue weighted by Gasteiger charge is -2.28. The van der Waals surface area contributed by atoms with Gasteiger partial charge in [0.1, 0.15) is 5.76 Å². The summed E-state index contributed by atoms with van der Waals surface area (Å²) in [7, 11) is 0. The molecule has 1 aliphatic heterocycles. The third-order valence-corrected chi connectivity index (χ3v) is 4.46. The minimum Gasteiger partial charge on any atom is -0.458 e. The van der Waals surface area contributed by atoms with E-state index in [1.807, 2.05) is 19.1 Å². The van der Waals surface area contributed by atoms with Gasteiger partial charge in [0.15, 0.2) is 5.76 Å². The number of oxime groups is 1. The maximum absolute atomic E-state index is 9.30. The van der Waals surface area contributed by atoms with Crippen LogP contribution >= 0.6 is 11.3 Å². The van der Waals surface area contributed by atoms with Gasteiger partial charge in [0.2, 0.25) is 5.84 Å². The largest absolute Gasteiger partial charge is 0.458 e. The Bertz CT molecular complexity index is 600. The fraction of sp³-hybridized carbons (Fsp3) is 0.357. The molecule has 0 aliphatic carbocycles. The Morgan fingerprint density at radius 1 is 1.47 bits per heavy atom. The maximum atomic E-state index is 9.30. The summed E-state index contributed by atoms with van der Waals surface area (Å²) >= 11 is 1.80. The second kappa shape index (κ2) is 5.09. The van der Waals surface area contributed by atoms with Crippen LogP contribution in [0.2, 0.25) is 0 Å². The number of furan rings is 1. The van der Waals surface area contributed by atoms with E-state index in [1.165, 1.54) is 10.4 Å². The molecule has 4 nitrogen and oxygen atoms in total. The highest BCUT2D eigenvalue weighted by atomic mass is 32.1. The average molecular weight is 276 g/mol. The monoisotopic (exact) mass is 276 g/mol. The van der Waals surface area contributed by atoms with E-state index >= 15 is 0 Å². The number of fused-ring (bicyclic) bond motifs is 1. The molecular weight excluding hydrogens is 260 g/mol. The SMILES string of the molecule is CCc1ccc(C(=NO)N2CCc3sccc3C2)o1. The quantitative estimate of drug-likeness (QED) is 0.397. The Morgan fingerprint density at radius 2 is 2.37 bits per heavy atom. The van der Waals surface area contributed by atoms with Crippen LogP contribution in [-0.4, -0.2) is 22.5 Å². The highest BCUT2D eigenvalue weighted by Gasteiger charge is 2.23. The number of aryl methyl sites for hydroxylation is 1. The fourth-order valence-electron chi connectivity index (χ4n) is 2.39. The number of hydrogen-bond donors (Lipinski definition) is 1. The third kappa shape index (κ3) is 2.26. The van der Waals surface area contributed by atoms with Crippen LogP contribution in [0.15, 0.2) is 33.2 Å². The van der Waals surface area contributed by atoms with Gasteiger partial charge in [-0.15, -0.1) is 11.3 Å². The topological polar surface area (TPSA) is 49.0 Å². The van der Waals surface area contributed by atoms with E-state index in [0.29, 0.717) is 11.6 Å². The summed E-state index contributed by atoms with van der Waals surface area (Å²) in [5.41, 5.74) is 1.32. The summed E-state index contributed by atoms with van der Waals surface area (Å²) in [5, 5.41) is 14.9. The summed E-state index contributed by atoms with van der Waals surface area (Å²) in [5.74, 6) is 2.07. The molecule has 0 saturated heterocycles. The average Bonchev–Trinajstić information content (AvgIpc) is 3.07. The van der Waals surface area contributed by atoms with Crippen molar-refractivity contribution in [3.8, 4) is 0 Å². The van der Waals surface area contributed by atoms with Gasteiger partial charge >= 0.3 is 0 Å². The summed E-state index contributed by atoms with van der Waals surface area (Å²) in [6, 6.07) is 5.94. The van der Waals surface area contributed by atoms with E-state index in [1.54, 1.807) is 11.3 Å². The molecule has 0 aromatic carbocycles. The van der Waals surface area contributed by atoms with E-state index in [4.69, 9.17) is 4.42 Å². The van der Waals surface area contributed by atoms with Crippen LogP contribution in [0.5, 0.6) is 0 Å². The second-order valence-electron chi connectivity index (χ2n) is 4.58. The molecule has 0 spiro atoms. The van der Waals surface area contributed by atoms with Crippen LogP contribution in [0.4, 0.5) is 0 Å². The molecule has 1 aliphatic rings. The first-order valence-corrected chi connectivity index (χ1v) is 7.31. The van der Waals surface area contributed by atoms with Crippen molar-refractivity contribution >= 4 is 17.2 Å². The van der Waals surface area contributed by atoms with Gasteiger partial charge in [-0.3, -0.25) is 0 Å². The second-order valence-corrected chi connectivity index (χ2v) is 5.58. The van der Waals surface area contributed by atoms with Crippen molar-refractivity contribution in [1.29, 1.82) is 0 Å². The molecule has 0 unspecified atom stereocenters. The summed E-state index contributed by atoms with van der Waals surface area (Å²) in [6.07, 6.45) is 1.83. The molecule has 3 rings (SSSR count). The summed E-state index contributed by atoms with van der Waals surface area (Å²) < 4.78 is 5.68. The van der Waals surface area contributed by atoms with Gasteiger partial charge in [-0.2, -0.15) is 0 Å². The van der Waals surface area contributed by atoms with Crippen LogP contribution in [0.1, 0.15) is 28.9 Å². The van der Waals surface area contributed by atoms with Gasteiger partial charge in [0.25, 0.3) is 0 Å². The van der Waals surface area contributed by atoms with Crippen LogP contribution in [0.3, 0.4) is 0 Å². The van der Waals surface area contributed by atoms with Crippen molar-refractivity contribution in [1.82, 2.24) is 4.90 Å². The lowest BCUT2D eigenvalue weighted by Crippen LogP contribution is -2.35. The smallest absolute Gasteiger partial charge is 0.211 e. The molecule has 0 radical (unpaired) electrons. The lowest BCUT2D eigenvalue weighted by atomic mass is 10.1. The number of nitrogens with zero attached hydrogens (tertiary/aromatic N) is 2. The Morgan fingerprint density at radius 3 is 3.11 bits per heavy atom. The Hall–Kier alpha value is -1.75. The van der Waals surface area contributed by atoms with Crippen molar-refractivity contribution in [3.63, 3.8) is 0 Å².